The molecule has 1 saturated heterocycles. The summed E-state index contributed by atoms with van der Waals surface area (Å²) in [5, 5.41) is 15.6. The van der Waals surface area contributed by atoms with Gasteiger partial charge in [0.05, 0.1) is 23.4 Å². The number of aliphatic hydroxyl groups excluding tert-OH is 1. The van der Waals surface area contributed by atoms with Gasteiger partial charge in [0.2, 0.25) is 11.8 Å². The minimum Gasteiger partial charge on any atom is -0.391 e. The van der Waals surface area contributed by atoms with Crippen molar-refractivity contribution in [2.24, 2.45) is 5.92 Å². The molecule has 4 unspecified atom stereocenters. The molecular weight excluding hydrogens is 365 g/mol. The Morgan fingerprint density at radius 2 is 1.84 bits per heavy atom. The quantitative estimate of drug-likeness (QED) is 0.463. The highest BCUT2D eigenvalue weighted by molar-refractivity contribution is 6.30. The number of carbonyl (C=O) groups is 2. The summed E-state index contributed by atoms with van der Waals surface area (Å²) in [6.07, 6.45) is 3.41. The van der Waals surface area contributed by atoms with Crippen molar-refractivity contribution in [3.8, 4) is 0 Å². The minimum atomic E-state index is -0.579. The maximum atomic E-state index is 12.4. The third-order valence-corrected chi connectivity index (χ3v) is 6.13. The van der Waals surface area contributed by atoms with Crippen LogP contribution in [0.5, 0.6) is 0 Å². The lowest BCUT2D eigenvalue weighted by Gasteiger charge is -2.35. The van der Waals surface area contributed by atoms with E-state index in [2.05, 4.69) is 17.2 Å². The van der Waals surface area contributed by atoms with Crippen LogP contribution < -0.4 is 10.6 Å². The number of alkyl halides is 2. The van der Waals surface area contributed by atoms with Crippen LogP contribution in [0.2, 0.25) is 0 Å². The van der Waals surface area contributed by atoms with Gasteiger partial charge in [0.15, 0.2) is 0 Å². The van der Waals surface area contributed by atoms with E-state index in [9.17, 15) is 14.7 Å². The van der Waals surface area contributed by atoms with Gasteiger partial charge in [-0.2, -0.15) is 0 Å². The fraction of sp³-hybridized carbons (Fsp3) is 0.765. The van der Waals surface area contributed by atoms with Gasteiger partial charge in [-0.15, -0.1) is 23.2 Å². The summed E-state index contributed by atoms with van der Waals surface area (Å²) in [6.45, 7) is 5.61. The molecule has 1 saturated carbocycles. The first-order chi connectivity index (χ1) is 11.9. The lowest BCUT2D eigenvalue weighted by Crippen LogP contribution is -2.52. The van der Waals surface area contributed by atoms with Crippen molar-refractivity contribution >= 4 is 35.0 Å². The fourth-order valence-corrected chi connectivity index (χ4v) is 3.92. The Bertz CT molecular complexity index is 484. The van der Waals surface area contributed by atoms with Crippen molar-refractivity contribution in [3.63, 3.8) is 0 Å². The number of rotatable bonds is 6. The number of piperidine rings is 1. The monoisotopic (exact) mass is 391 g/mol. The number of nitrogens with zero attached hydrogens (tertiary/aromatic N) is 1. The summed E-state index contributed by atoms with van der Waals surface area (Å²) in [6, 6.07) is -0.201. The SMILES string of the molecule is C=CC(=O)NCC1CCN(C(=O)CNC2CC(Cl)C(Cl)CC2O)CC1. The molecule has 25 heavy (non-hydrogen) atoms. The summed E-state index contributed by atoms with van der Waals surface area (Å²) < 4.78 is 0. The number of halogens is 2. The van der Waals surface area contributed by atoms with Gasteiger partial charge in [-0.25, -0.2) is 0 Å². The predicted molar refractivity (Wildman–Crippen MR) is 98.8 cm³/mol. The smallest absolute Gasteiger partial charge is 0.243 e. The number of carbonyl (C=O) groups excluding carboxylic acids is 2. The van der Waals surface area contributed by atoms with Crippen molar-refractivity contribution in [1.82, 2.24) is 15.5 Å². The van der Waals surface area contributed by atoms with E-state index in [0.717, 1.165) is 12.8 Å². The summed E-state index contributed by atoms with van der Waals surface area (Å²) in [5.41, 5.74) is 0. The van der Waals surface area contributed by atoms with E-state index in [0.29, 0.717) is 38.4 Å². The summed E-state index contributed by atoms with van der Waals surface area (Å²) >= 11 is 12.2. The Kier molecular flexibility index (Phi) is 8.00. The molecule has 142 valence electrons. The first-order valence-electron chi connectivity index (χ1n) is 8.78. The third-order valence-electron chi connectivity index (χ3n) is 5.04. The molecule has 1 aliphatic heterocycles. The molecule has 0 aromatic heterocycles. The summed E-state index contributed by atoms with van der Waals surface area (Å²) in [5.74, 6) is 0.254. The molecule has 0 aromatic rings. The second kappa shape index (κ2) is 9.76. The van der Waals surface area contributed by atoms with Crippen molar-refractivity contribution in [1.29, 1.82) is 0 Å². The van der Waals surface area contributed by atoms with E-state index in [4.69, 9.17) is 23.2 Å². The van der Waals surface area contributed by atoms with E-state index in [-0.39, 0.29) is 35.2 Å². The van der Waals surface area contributed by atoms with Gasteiger partial charge in [0.25, 0.3) is 0 Å². The highest BCUT2D eigenvalue weighted by Crippen LogP contribution is 2.28. The van der Waals surface area contributed by atoms with Crippen LogP contribution in [0.1, 0.15) is 25.7 Å². The standard InChI is InChI=1S/C17H27Cl2N3O3/c1-2-16(24)21-9-11-3-5-22(6-4-11)17(25)10-20-14-7-12(18)13(19)8-15(14)23/h2,11-15,20,23H,1,3-10H2,(H,21,24). The second-order valence-electron chi connectivity index (χ2n) is 6.83. The molecule has 0 aromatic carbocycles. The maximum Gasteiger partial charge on any atom is 0.243 e. The number of aliphatic hydroxyl groups is 1. The van der Waals surface area contributed by atoms with Crippen LogP contribution >= 0.6 is 23.2 Å². The van der Waals surface area contributed by atoms with Gasteiger partial charge in [0, 0.05) is 25.7 Å². The number of hydrogen-bond donors (Lipinski definition) is 3. The number of likely N-dealkylation sites (tertiary alicyclic amines) is 1. The second-order valence-corrected chi connectivity index (χ2v) is 7.95. The normalized spacial score (nSPS) is 30.8. The van der Waals surface area contributed by atoms with Gasteiger partial charge in [-0.05, 0) is 37.7 Å². The van der Waals surface area contributed by atoms with Gasteiger partial charge >= 0.3 is 0 Å². The Labute approximate surface area is 158 Å². The molecule has 2 aliphatic rings. The van der Waals surface area contributed by atoms with Gasteiger partial charge < -0.3 is 20.6 Å². The molecule has 4 atom stereocenters. The van der Waals surface area contributed by atoms with Crippen molar-refractivity contribution in [2.45, 2.75) is 48.6 Å². The van der Waals surface area contributed by atoms with Crippen LogP contribution in [0.3, 0.4) is 0 Å². The molecular formula is C17H27Cl2N3O3. The van der Waals surface area contributed by atoms with Gasteiger partial charge in [0.1, 0.15) is 0 Å². The van der Waals surface area contributed by atoms with Gasteiger partial charge in [-0.1, -0.05) is 6.58 Å². The van der Waals surface area contributed by atoms with E-state index in [1.165, 1.54) is 6.08 Å². The summed E-state index contributed by atoms with van der Waals surface area (Å²) in [4.78, 5) is 25.4. The van der Waals surface area contributed by atoms with E-state index in [1.54, 1.807) is 0 Å². The molecule has 6 nitrogen and oxygen atoms in total. The van der Waals surface area contributed by atoms with E-state index >= 15 is 0 Å². The predicted octanol–water partition coefficient (Wildman–Crippen LogP) is 0.855. The molecule has 3 N–H and O–H groups in total. The molecule has 2 rings (SSSR count). The van der Waals surface area contributed by atoms with Crippen LogP contribution in [-0.2, 0) is 9.59 Å². The Hall–Kier alpha value is -0.820. The van der Waals surface area contributed by atoms with E-state index < -0.39 is 6.10 Å². The summed E-state index contributed by atoms with van der Waals surface area (Å²) in [7, 11) is 0. The number of hydrogen-bond acceptors (Lipinski definition) is 4. The molecule has 0 spiro atoms. The zero-order valence-corrected chi connectivity index (χ0v) is 15.8. The first kappa shape index (κ1) is 20.5. The van der Waals surface area contributed by atoms with Crippen molar-refractivity contribution < 1.29 is 14.7 Å². The molecule has 2 fully saturated rings. The highest BCUT2D eigenvalue weighted by Gasteiger charge is 2.34. The van der Waals surface area contributed by atoms with Crippen molar-refractivity contribution in [2.75, 3.05) is 26.2 Å². The first-order valence-corrected chi connectivity index (χ1v) is 9.65. The topological polar surface area (TPSA) is 81.7 Å². The number of amides is 2. The van der Waals surface area contributed by atoms with Crippen LogP contribution in [0.25, 0.3) is 0 Å². The Morgan fingerprint density at radius 1 is 1.20 bits per heavy atom. The van der Waals surface area contributed by atoms with Crippen LogP contribution in [0.4, 0.5) is 0 Å². The molecule has 2 amide bonds. The minimum absolute atomic E-state index is 0.0277. The lowest BCUT2D eigenvalue weighted by molar-refractivity contribution is -0.132. The largest absolute Gasteiger partial charge is 0.391 e. The molecule has 1 aliphatic carbocycles. The zero-order chi connectivity index (χ0) is 18.4. The van der Waals surface area contributed by atoms with Crippen LogP contribution in [-0.4, -0.2) is 70.9 Å². The van der Waals surface area contributed by atoms with Crippen LogP contribution in [0.15, 0.2) is 12.7 Å². The highest BCUT2D eigenvalue weighted by atomic mass is 35.5. The van der Waals surface area contributed by atoms with Crippen LogP contribution in [0, 0.1) is 5.92 Å². The molecule has 1 heterocycles. The zero-order valence-electron chi connectivity index (χ0n) is 14.3. The number of nitrogens with one attached hydrogen (secondary N) is 2. The van der Waals surface area contributed by atoms with E-state index in [1.807, 2.05) is 4.90 Å². The molecule has 0 bridgehead atoms. The fourth-order valence-electron chi connectivity index (χ4n) is 3.34. The molecule has 0 radical (unpaired) electrons. The van der Waals surface area contributed by atoms with Crippen molar-refractivity contribution in [3.05, 3.63) is 12.7 Å². The maximum absolute atomic E-state index is 12.4. The Morgan fingerprint density at radius 3 is 2.48 bits per heavy atom. The third kappa shape index (κ3) is 6.13. The lowest BCUT2D eigenvalue weighted by atomic mass is 9.91. The average Bonchev–Trinajstić information content (AvgIpc) is 2.61. The Balaban J connectivity index is 1.68. The average molecular weight is 392 g/mol. The van der Waals surface area contributed by atoms with Gasteiger partial charge in [-0.3, -0.25) is 9.59 Å². The molecule has 8 heteroatoms.